The standard InChI is InChI=1S/C17H27N3O4S/c1-17(2,3)20-25(22,23)15-7-5-4-6-12(15)11-19-16(21)14-9-8-13(10-18)24-14/h4-7,13-14,20H,8-11,18H2,1-3H3,(H,19,21)/t13-,14+/m1/s1. The lowest BCUT2D eigenvalue weighted by Gasteiger charge is -2.22. The second kappa shape index (κ2) is 7.82. The lowest BCUT2D eigenvalue weighted by Crippen LogP contribution is -2.41. The number of carbonyl (C=O) groups is 1. The van der Waals surface area contributed by atoms with Gasteiger partial charge in [0.05, 0.1) is 11.0 Å². The zero-order valence-corrected chi connectivity index (χ0v) is 15.7. The number of nitrogens with two attached hydrogens (primary N) is 1. The summed E-state index contributed by atoms with van der Waals surface area (Å²) in [7, 11) is -3.68. The molecule has 1 saturated heterocycles. The summed E-state index contributed by atoms with van der Waals surface area (Å²) < 4.78 is 33.4. The number of amides is 1. The minimum atomic E-state index is -3.68. The fraction of sp³-hybridized carbons (Fsp3) is 0.588. The minimum absolute atomic E-state index is 0.0839. The van der Waals surface area contributed by atoms with Gasteiger partial charge in [-0.05, 0) is 45.2 Å². The van der Waals surface area contributed by atoms with Crippen LogP contribution < -0.4 is 15.8 Å². The second-order valence-electron chi connectivity index (χ2n) is 7.24. The van der Waals surface area contributed by atoms with E-state index in [1.165, 1.54) is 6.07 Å². The Morgan fingerprint density at radius 3 is 2.56 bits per heavy atom. The third kappa shape index (κ3) is 5.50. The molecule has 1 aliphatic rings. The van der Waals surface area contributed by atoms with Crippen molar-refractivity contribution >= 4 is 15.9 Å². The molecular formula is C17H27N3O4S. The van der Waals surface area contributed by atoms with E-state index in [4.69, 9.17) is 10.5 Å². The quantitative estimate of drug-likeness (QED) is 0.690. The van der Waals surface area contributed by atoms with Crippen LogP contribution in [0.5, 0.6) is 0 Å². The molecule has 0 radical (unpaired) electrons. The lowest BCUT2D eigenvalue weighted by molar-refractivity contribution is -0.132. The molecule has 2 atom stereocenters. The predicted molar refractivity (Wildman–Crippen MR) is 95.3 cm³/mol. The summed E-state index contributed by atoms with van der Waals surface area (Å²) in [5, 5.41) is 2.76. The third-order valence-corrected chi connectivity index (χ3v) is 5.68. The number of carbonyl (C=O) groups excluding carboxylic acids is 1. The van der Waals surface area contributed by atoms with Crippen LogP contribution in [0.15, 0.2) is 29.2 Å². The van der Waals surface area contributed by atoms with E-state index in [9.17, 15) is 13.2 Å². The Kier molecular flexibility index (Phi) is 6.21. The van der Waals surface area contributed by atoms with Crippen LogP contribution in [0.4, 0.5) is 0 Å². The van der Waals surface area contributed by atoms with Gasteiger partial charge in [0, 0.05) is 18.6 Å². The molecule has 2 rings (SSSR count). The van der Waals surface area contributed by atoms with Crippen LogP contribution in [-0.4, -0.2) is 38.6 Å². The molecule has 0 saturated carbocycles. The Bertz CT molecular complexity index is 713. The van der Waals surface area contributed by atoms with Crippen LogP contribution in [0, 0.1) is 0 Å². The molecule has 0 unspecified atom stereocenters. The predicted octanol–water partition coefficient (Wildman–Crippen LogP) is 0.886. The molecule has 4 N–H and O–H groups in total. The summed E-state index contributed by atoms with van der Waals surface area (Å²) in [6, 6.07) is 6.63. The van der Waals surface area contributed by atoms with Gasteiger partial charge >= 0.3 is 0 Å². The Morgan fingerprint density at radius 1 is 1.28 bits per heavy atom. The van der Waals surface area contributed by atoms with E-state index >= 15 is 0 Å². The first-order valence-corrected chi connectivity index (χ1v) is 9.86. The molecular weight excluding hydrogens is 342 g/mol. The van der Waals surface area contributed by atoms with Crippen molar-refractivity contribution in [1.29, 1.82) is 0 Å². The number of benzene rings is 1. The molecule has 25 heavy (non-hydrogen) atoms. The number of hydrogen-bond donors (Lipinski definition) is 3. The molecule has 1 aliphatic heterocycles. The van der Waals surface area contributed by atoms with E-state index in [1.54, 1.807) is 39.0 Å². The van der Waals surface area contributed by atoms with Crippen LogP contribution in [-0.2, 0) is 26.1 Å². The summed E-state index contributed by atoms with van der Waals surface area (Å²) in [6.45, 7) is 5.84. The maximum Gasteiger partial charge on any atom is 0.249 e. The van der Waals surface area contributed by atoms with Gasteiger partial charge in [-0.2, -0.15) is 0 Å². The largest absolute Gasteiger partial charge is 0.364 e. The molecule has 1 aromatic rings. The first-order valence-electron chi connectivity index (χ1n) is 8.37. The summed E-state index contributed by atoms with van der Waals surface area (Å²) in [5.74, 6) is -0.244. The number of ether oxygens (including phenoxy) is 1. The topological polar surface area (TPSA) is 111 Å². The van der Waals surface area contributed by atoms with Gasteiger partial charge in [-0.3, -0.25) is 4.79 Å². The van der Waals surface area contributed by atoms with Crippen LogP contribution >= 0.6 is 0 Å². The van der Waals surface area contributed by atoms with E-state index < -0.39 is 21.7 Å². The van der Waals surface area contributed by atoms with E-state index in [1.807, 2.05) is 0 Å². The Morgan fingerprint density at radius 2 is 1.96 bits per heavy atom. The third-order valence-electron chi connectivity index (χ3n) is 3.82. The molecule has 1 aromatic carbocycles. The average molecular weight is 369 g/mol. The first-order chi connectivity index (χ1) is 11.6. The molecule has 8 heteroatoms. The van der Waals surface area contributed by atoms with Crippen molar-refractivity contribution in [3.63, 3.8) is 0 Å². The van der Waals surface area contributed by atoms with Crippen molar-refractivity contribution in [1.82, 2.24) is 10.0 Å². The Balaban J connectivity index is 2.07. The van der Waals surface area contributed by atoms with E-state index in [-0.39, 0.29) is 23.5 Å². The normalized spacial score (nSPS) is 21.3. The summed E-state index contributed by atoms with van der Waals surface area (Å²) in [5.41, 5.74) is 5.48. The smallest absolute Gasteiger partial charge is 0.249 e. The fourth-order valence-electron chi connectivity index (χ4n) is 2.74. The molecule has 0 aliphatic carbocycles. The molecule has 1 amide bonds. The van der Waals surface area contributed by atoms with Gasteiger partial charge in [-0.1, -0.05) is 18.2 Å². The maximum atomic E-state index is 12.6. The lowest BCUT2D eigenvalue weighted by atomic mass is 10.1. The first kappa shape index (κ1) is 19.8. The van der Waals surface area contributed by atoms with Gasteiger partial charge in [0.15, 0.2) is 0 Å². The minimum Gasteiger partial charge on any atom is -0.364 e. The van der Waals surface area contributed by atoms with E-state index in [0.717, 1.165) is 6.42 Å². The molecule has 140 valence electrons. The average Bonchev–Trinajstić information content (AvgIpc) is 2.99. The molecule has 1 heterocycles. The Labute approximate surface area is 149 Å². The highest BCUT2D eigenvalue weighted by Crippen LogP contribution is 2.20. The van der Waals surface area contributed by atoms with Gasteiger partial charge < -0.3 is 15.8 Å². The van der Waals surface area contributed by atoms with Crippen molar-refractivity contribution in [2.75, 3.05) is 6.54 Å². The molecule has 7 nitrogen and oxygen atoms in total. The van der Waals surface area contributed by atoms with Crippen LogP contribution in [0.3, 0.4) is 0 Å². The van der Waals surface area contributed by atoms with Crippen LogP contribution in [0.25, 0.3) is 0 Å². The van der Waals surface area contributed by atoms with Crippen molar-refractivity contribution in [2.45, 2.75) is 62.8 Å². The maximum absolute atomic E-state index is 12.6. The summed E-state index contributed by atoms with van der Waals surface area (Å²) in [4.78, 5) is 12.4. The van der Waals surface area contributed by atoms with Gasteiger partial charge in [0.25, 0.3) is 0 Å². The second-order valence-corrected chi connectivity index (χ2v) is 8.89. The molecule has 0 bridgehead atoms. The zero-order chi connectivity index (χ0) is 18.7. The van der Waals surface area contributed by atoms with Crippen molar-refractivity contribution < 1.29 is 17.9 Å². The summed E-state index contributed by atoms with van der Waals surface area (Å²) >= 11 is 0. The molecule has 0 spiro atoms. The van der Waals surface area contributed by atoms with E-state index in [0.29, 0.717) is 18.5 Å². The van der Waals surface area contributed by atoms with Crippen molar-refractivity contribution in [3.05, 3.63) is 29.8 Å². The fourth-order valence-corrected chi connectivity index (χ4v) is 4.40. The zero-order valence-electron chi connectivity index (χ0n) is 14.9. The monoisotopic (exact) mass is 369 g/mol. The SMILES string of the molecule is CC(C)(C)NS(=O)(=O)c1ccccc1CNC(=O)[C@@H]1CC[C@H](CN)O1. The van der Waals surface area contributed by atoms with Crippen molar-refractivity contribution in [2.24, 2.45) is 5.73 Å². The number of rotatable bonds is 6. The van der Waals surface area contributed by atoms with Crippen LogP contribution in [0.1, 0.15) is 39.2 Å². The summed E-state index contributed by atoms with van der Waals surface area (Å²) in [6.07, 6.45) is 0.776. The highest BCUT2D eigenvalue weighted by atomic mass is 32.2. The highest BCUT2D eigenvalue weighted by molar-refractivity contribution is 7.89. The van der Waals surface area contributed by atoms with E-state index in [2.05, 4.69) is 10.0 Å². The van der Waals surface area contributed by atoms with Crippen molar-refractivity contribution in [3.8, 4) is 0 Å². The molecule has 1 fully saturated rings. The number of hydrogen-bond acceptors (Lipinski definition) is 5. The van der Waals surface area contributed by atoms with Crippen LogP contribution in [0.2, 0.25) is 0 Å². The number of nitrogens with one attached hydrogen (secondary N) is 2. The van der Waals surface area contributed by atoms with Gasteiger partial charge in [0.1, 0.15) is 6.10 Å². The molecule has 0 aromatic heterocycles. The van der Waals surface area contributed by atoms with Gasteiger partial charge in [0.2, 0.25) is 15.9 Å². The Hall–Kier alpha value is -1.48. The number of sulfonamides is 1. The van der Waals surface area contributed by atoms with Gasteiger partial charge in [-0.15, -0.1) is 0 Å². The highest BCUT2D eigenvalue weighted by Gasteiger charge is 2.30. The van der Waals surface area contributed by atoms with Gasteiger partial charge in [-0.25, -0.2) is 13.1 Å².